The fourth-order valence-electron chi connectivity index (χ4n) is 1.71. The monoisotopic (exact) mass is 221 g/mol. The normalized spacial score (nSPS) is 12.2. The van der Waals surface area contributed by atoms with Crippen molar-refractivity contribution in [3.05, 3.63) is 18.3 Å². The maximum Gasteiger partial charge on any atom is 0.128 e. The Balaban J connectivity index is 2.68. The molecule has 3 heteroatoms. The van der Waals surface area contributed by atoms with E-state index in [2.05, 4.69) is 35.1 Å². The molecule has 0 aliphatic heterocycles. The molecule has 1 rings (SSSR count). The van der Waals surface area contributed by atoms with Crippen molar-refractivity contribution in [2.45, 2.75) is 39.2 Å². The van der Waals surface area contributed by atoms with Crippen LogP contribution in [0.4, 0.5) is 11.5 Å². The fourth-order valence-corrected chi connectivity index (χ4v) is 1.71. The smallest absolute Gasteiger partial charge is 0.128 e. The van der Waals surface area contributed by atoms with Gasteiger partial charge in [0.05, 0.1) is 0 Å². The molecule has 1 unspecified atom stereocenters. The second kappa shape index (κ2) is 6.36. The molecule has 1 heterocycles. The largest absolute Gasteiger partial charge is 0.378 e. The molecular formula is C13H23N3. The fraction of sp³-hybridized carbons (Fsp3) is 0.615. The topological polar surface area (TPSA) is 28.2 Å². The quantitative estimate of drug-likeness (QED) is 0.800. The summed E-state index contributed by atoms with van der Waals surface area (Å²) in [5.74, 6) is 0.978. The first-order chi connectivity index (χ1) is 7.67. The van der Waals surface area contributed by atoms with Crippen molar-refractivity contribution in [3.63, 3.8) is 0 Å². The zero-order valence-corrected chi connectivity index (χ0v) is 10.8. The summed E-state index contributed by atoms with van der Waals surface area (Å²) >= 11 is 0. The second-order valence-corrected chi connectivity index (χ2v) is 4.33. The van der Waals surface area contributed by atoms with Gasteiger partial charge >= 0.3 is 0 Å². The first kappa shape index (κ1) is 12.8. The van der Waals surface area contributed by atoms with E-state index >= 15 is 0 Å². The van der Waals surface area contributed by atoms with Gasteiger partial charge in [0.1, 0.15) is 5.82 Å². The SMILES string of the molecule is CCCC(CC)Nc1cc(N(C)C)ccn1. The molecule has 16 heavy (non-hydrogen) atoms. The number of aromatic nitrogens is 1. The number of rotatable bonds is 6. The summed E-state index contributed by atoms with van der Waals surface area (Å²) in [5, 5.41) is 3.49. The Labute approximate surface area is 98.9 Å². The molecule has 0 amide bonds. The van der Waals surface area contributed by atoms with Crippen molar-refractivity contribution in [2.75, 3.05) is 24.3 Å². The van der Waals surface area contributed by atoms with E-state index in [0.717, 1.165) is 12.2 Å². The zero-order valence-electron chi connectivity index (χ0n) is 10.8. The lowest BCUT2D eigenvalue weighted by Gasteiger charge is -2.18. The molecule has 0 aliphatic carbocycles. The van der Waals surface area contributed by atoms with Crippen LogP contribution in [0.15, 0.2) is 18.3 Å². The maximum absolute atomic E-state index is 4.35. The van der Waals surface area contributed by atoms with Crippen LogP contribution in [-0.2, 0) is 0 Å². The molecule has 90 valence electrons. The van der Waals surface area contributed by atoms with E-state index in [1.54, 1.807) is 0 Å². The Morgan fingerprint density at radius 3 is 2.69 bits per heavy atom. The van der Waals surface area contributed by atoms with Crippen LogP contribution in [0.1, 0.15) is 33.1 Å². The summed E-state index contributed by atoms with van der Waals surface area (Å²) in [6.07, 6.45) is 5.40. The van der Waals surface area contributed by atoms with Gasteiger partial charge in [-0.15, -0.1) is 0 Å². The van der Waals surface area contributed by atoms with Crippen LogP contribution in [0.2, 0.25) is 0 Å². The van der Waals surface area contributed by atoms with Gasteiger partial charge < -0.3 is 10.2 Å². The minimum absolute atomic E-state index is 0.537. The number of nitrogens with zero attached hydrogens (tertiary/aromatic N) is 2. The lowest BCUT2D eigenvalue weighted by Crippen LogP contribution is -2.19. The summed E-state index contributed by atoms with van der Waals surface area (Å²) in [4.78, 5) is 6.44. The minimum atomic E-state index is 0.537. The van der Waals surface area contributed by atoms with Crippen molar-refractivity contribution in [1.82, 2.24) is 4.98 Å². The number of anilines is 2. The Morgan fingerprint density at radius 1 is 1.38 bits per heavy atom. The number of hydrogen-bond donors (Lipinski definition) is 1. The Kier molecular flexibility index (Phi) is 5.09. The molecule has 0 aromatic carbocycles. The highest BCUT2D eigenvalue weighted by Crippen LogP contribution is 2.16. The number of hydrogen-bond acceptors (Lipinski definition) is 3. The Hall–Kier alpha value is -1.25. The van der Waals surface area contributed by atoms with Crippen LogP contribution < -0.4 is 10.2 Å². The van der Waals surface area contributed by atoms with E-state index in [1.165, 1.54) is 18.5 Å². The molecule has 0 radical (unpaired) electrons. The molecule has 0 saturated heterocycles. The van der Waals surface area contributed by atoms with E-state index in [1.807, 2.05) is 26.4 Å². The third-order valence-corrected chi connectivity index (χ3v) is 2.74. The summed E-state index contributed by atoms with van der Waals surface area (Å²) in [5.41, 5.74) is 1.18. The molecule has 1 aromatic rings. The van der Waals surface area contributed by atoms with Crippen molar-refractivity contribution in [1.29, 1.82) is 0 Å². The average molecular weight is 221 g/mol. The highest BCUT2D eigenvalue weighted by molar-refractivity contribution is 5.53. The molecular weight excluding hydrogens is 198 g/mol. The first-order valence-electron chi connectivity index (χ1n) is 6.07. The summed E-state index contributed by atoms with van der Waals surface area (Å²) < 4.78 is 0. The van der Waals surface area contributed by atoms with E-state index < -0.39 is 0 Å². The molecule has 0 fully saturated rings. The van der Waals surface area contributed by atoms with Crippen LogP contribution in [0.5, 0.6) is 0 Å². The molecule has 1 N–H and O–H groups in total. The van der Waals surface area contributed by atoms with Crippen molar-refractivity contribution in [2.24, 2.45) is 0 Å². The molecule has 0 aliphatic rings. The summed E-state index contributed by atoms with van der Waals surface area (Å²) in [7, 11) is 4.09. The number of nitrogens with one attached hydrogen (secondary N) is 1. The summed E-state index contributed by atoms with van der Waals surface area (Å²) in [6, 6.07) is 4.65. The average Bonchev–Trinajstić information content (AvgIpc) is 2.29. The van der Waals surface area contributed by atoms with Gasteiger partial charge in [-0.2, -0.15) is 0 Å². The first-order valence-corrected chi connectivity index (χ1v) is 6.07. The van der Waals surface area contributed by atoms with E-state index in [0.29, 0.717) is 6.04 Å². The maximum atomic E-state index is 4.35. The van der Waals surface area contributed by atoms with Gasteiger partial charge in [-0.1, -0.05) is 20.3 Å². The van der Waals surface area contributed by atoms with E-state index in [-0.39, 0.29) is 0 Å². The van der Waals surface area contributed by atoms with Crippen LogP contribution >= 0.6 is 0 Å². The van der Waals surface area contributed by atoms with E-state index in [4.69, 9.17) is 0 Å². The lowest BCUT2D eigenvalue weighted by molar-refractivity contribution is 0.620. The van der Waals surface area contributed by atoms with Crippen LogP contribution in [0.3, 0.4) is 0 Å². The van der Waals surface area contributed by atoms with Crippen LogP contribution in [-0.4, -0.2) is 25.1 Å². The van der Waals surface area contributed by atoms with Crippen LogP contribution in [0, 0.1) is 0 Å². The molecule has 1 aromatic heterocycles. The minimum Gasteiger partial charge on any atom is -0.378 e. The van der Waals surface area contributed by atoms with Crippen LogP contribution in [0.25, 0.3) is 0 Å². The Bertz CT molecular complexity index is 310. The van der Waals surface area contributed by atoms with Crippen molar-refractivity contribution < 1.29 is 0 Å². The van der Waals surface area contributed by atoms with Gasteiger partial charge in [0.25, 0.3) is 0 Å². The predicted molar refractivity (Wildman–Crippen MR) is 71.2 cm³/mol. The van der Waals surface area contributed by atoms with Gasteiger partial charge in [-0.05, 0) is 18.9 Å². The zero-order chi connectivity index (χ0) is 12.0. The molecule has 0 bridgehead atoms. The number of pyridine rings is 1. The lowest BCUT2D eigenvalue weighted by atomic mass is 10.1. The highest BCUT2D eigenvalue weighted by atomic mass is 15.1. The highest BCUT2D eigenvalue weighted by Gasteiger charge is 2.06. The third kappa shape index (κ3) is 3.72. The summed E-state index contributed by atoms with van der Waals surface area (Å²) in [6.45, 7) is 4.43. The van der Waals surface area contributed by atoms with Gasteiger partial charge in [0.15, 0.2) is 0 Å². The standard InChI is InChI=1S/C13H23N3/c1-5-7-11(6-2)15-13-10-12(16(3)4)8-9-14-13/h8-11H,5-7H2,1-4H3,(H,14,15). The Morgan fingerprint density at radius 2 is 2.12 bits per heavy atom. The van der Waals surface area contributed by atoms with Crippen molar-refractivity contribution >= 4 is 11.5 Å². The van der Waals surface area contributed by atoms with Gasteiger partial charge in [-0.3, -0.25) is 0 Å². The second-order valence-electron chi connectivity index (χ2n) is 4.33. The predicted octanol–water partition coefficient (Wildman–Crippen LogP) is 3.14. The van der Waals surface area contributed by atoms with Crippen molar-refractivity contribution in [3.8, 4) is 0 Å². The molecule has 3 nitrogen and oxygen atoms in total. The molecule has 0 spiro atoms. The van der Waals surface area contributed by atoms with Gasteiger partial charge in [0.2, 0.25) is 0 Å². The van der Waals surface area contributed by atoms with Gasteiger partial charge in [-0.25, -0.2) is 4.98 Å². The third-order valence-electron chi connectivity index (χ3n) is 2.74. The van der Waals surface area contributed by atoms with Gasteiger partial charge in [0, 0.05) is 38.1 Å². The molecule has 0 saturated carbocycles. The van der Waals surface area contributed by atoms with E-state index in [9.17, 15) is 0 Å². The molecule has 1 atom stereocenters.